The van der Waals surface area contributed by atoms with Crippen LogP contribution in [0.15, 0.2) is 48.5 Å². The van der Waals surface area contributed by atoms with Gasteiger partial charge in [0.2, 0.25) is 5.91 Å². The van der Waals surface area contributed by atoms with Crippen molar-refractivity contribution in [2.24, 2.45) is 0 Å². The number of hydrogen-bond donors (Lipinski definition) is 1. The van der Waals surface area contributed by atoms with Gasteiger partial charge in [-0.15, -0.1) is 13.2 Å². The van der Waals surface area contributed by atoms with E-state index in [9.17, 15) is 22.8 Å². The van der Waals surface area contributed by atoms with Gasteiger partial charge in [-0.3, -0.25) is 9.59 Å². The van der Waals surface area contributed by atoms with Gasteiger partial charge in [-0.1, -0.05) is 18.2 Å². The number of alkyl halides is 3. The maximum atomic E-state index is 12.4. The minimum atomic E-state index is -4.82. The van der Waals surface area contributed by atoms with Gasteiger partial charge >= 0.3 is 6.36 Å². The molecule has 0 heterocycles. The summed E-state index contributed by atoms with van der Waals surface area (Å²) in [6, 6.07) is 12.1. The highest BCUT2D eigenvalue weighted by atomic mass is 19.4. The second kappa shape index (κ2) is 9.77. The van der Waals surface area contributed by atoms with Crippen molar-refractivity contribution in [3.63, 3.8) is 0 Å². The number of nitrogens with one attached hydrogen (secondary N) is 1. The molecule has 0 aliphatic carbocycles. The summed E-state index contributed by atoms with van der Waals surface area (Å²) in [6.45, 7) is 2.23. The molecule has 2 aromatic carbocycles. The van der Waals surface area contributed by atoms with E-state index >= 15 is 0 Å². The van der Waals surface area contributed by atoms with Gasteiger partial charge < -0.3 is 14.8 Å². The fourth-order valence-corrected chi connectivity index (χ4v) is 2.43. The van der Waals surface area contributed by atoms with E-state index in [0.717, 1.165) is 0 Å². The molecule has 0 fully saturated rings. The summed E-state index contributed by atoms with van der Waals surface area (Å²) in [5, 5.41) is 2.50. The van der Waals surface area contributed by atoms with Gasteiger partial charge in [0.15, 0.2) is 5.78 Å². The highest BCUT2D eigenvalue weighted by Crippen LogP contribution is 2.26. The minimum Gasteiger partial charge on any atom is -0.494 e. The number of rotatable bonds is 9. The van der Waals surface area contributed by atoms with Crippen LogP contribution in [-0.2, 0) is 11.3 Å². The Morgan fingerprint density at radius 3 is 2.32 bits per heavy atom. The Labute approximate surface area is 160 Å². The topological polar surface area (TPSA) is 64.6 Å². The monoisotopic (exact) mass is 395 g/mol. The van der Waals surface area contributed by atoms with Gasteiger partial charge in [0.05, 0.1) is 6.61 Å². The van der Waals surface area contributed by atoms with Crippen LogP contribution in [0.3, 0.4) is 0 Å². The fourth-order valence-electron chi connectivity index (χ4n) is 2.43. The predicted octanol–water partition coefficient (Wildman–Crippen LogP) is 4.26. The van der Waals surface area contributed by atoms with Crippen molar-refractivity contribution in [2.75, 3.05) is 6.61 Å². The standard InChI is InChI=1S/C20H20F3NO4/c1-2-27-16-9-7-14(8-10-16)17(25)11-12-19(26)24-13-15-5-3-4-6-18(15)28-20(21,22)23/h3-10H,2,11-13H2,1H3,(H,24,26). The van der Waals surface area contributed by atoms with Crippen LogP contribution in [0.4, 0.5) is 13.2 Å². The van der Waals surface area contributed by atoms with Crippen molar-refractivity contribution in [3.05, 3.63) is 59.7 Å². The van der Waals surface area contributed by atoms with Crippen LogP contribution >= 0.6 is 0 Å². The molecule has 0 saturated heterocycles. The first-order valence-corrected chi connectivity index (χ1v) is 8.65. The van der Waals surface area contributed by atoms with Gasteiger partial charge in [-0.25, -0.2) is 0 Å². The molecule has 0 unspecified atom stereocenters. The number of carbonyl (C=O) groups is 2. The van der Waals surface area contributed by atoms with Gasteiger partial charge in [0.25, 0.3) is 0 Å². The minimum absolute atomic E-state index is 0.0134. The third kappa shape index (κ3) is 6.94. The zero-order valence-electron chi connectivity index (χ0n) is 15.2. The lowest BCUT2D eigenvalue weighted by atomic mass is 10.1. The van der Waals surface area contributed by atoms with Gasteiger partial charge in [-0.05, 0) is 37.3 Å². The largest absolute Gasteiger partial charge is 0.573 e. The number of hydrogen-bond acceptors (Lipinski definition) is 4. The summed E-state index contributed by atoms with van der Waals surface area (Å²) in [6.07, 6.45) is -4.90. The summed E-state index contributed by atoms with van der Waals surface area (Å²) < 4.78 is 46.4. The maximum Gasteiger partial charge on any atom is 0.573 e. The number of ketones is 1. The Morgan fingerprint density at radius 1 is 1.00 bits per heavy atom. The highest BCUT2D eigenvalue weighted by Gasteiger charge is 2.31. The number of amides is 1. The molecular weight excluding hydrogens is 375 g/mol. The van der Waals surface area contributed by atoms with Crippen molar-refractivity contribution in [3.8, 4) is 11.5 Å². The summed E-state index contributed by atoms with van der Waals surface area (Å²) in [5.41, 5.74) is 0.645. The molecule has 0 radical (unpaired) electrons. The second-order valence-corrected chi connectivity index (χ2v) is 5.81. The van der Waals surface area contributed by atoms with Crippen molar-refractivity contribution in [1.82, 2.24) is 5.32 Å². The number of Topliss-reactive ketones (excluding diaryl/α,β-unsaturated/α-hetero) is 1. The van der Waals surface area contributed by atoms with Crippen molar-refractivity contribution >= 4 is 11.7 Å². The fraction of sp³-hybridized carbons (Fsp3) is 0.300. The molecule has 8 heteroatoms. The van der Waals surface area contributed by atoms with Crippen molar-refractivity contribution in [2.45, 2.75) is 32.7 Å². The Hall–Kier alpha value is -3.03. The number of benzene rings is 2. The first-order valence-electron chi connectivity index (χ1n) is 8.65. The predicted molar refractivity (Wildman–Crippen MR) is 96.1 cm³/mol. The van der Waals surface area contributed by atoms with Gasteiger partial charge in [-0.2, -0.15) is 0 Å². The summed E-state index contributed by atoms with van der Waals surface area (Å²) in [7, 11) is 0. The lowest BCUT2D eigenvalue weighted by Crippen LogP contribution is -2.24. The average Bonchev–Trinajstić information content (AvgIpc) is 2.65. The molecule has 5 nitrogen and oxygen atoms in total. The molecule has 0 aromatic heterocycles. The van der Waals surface area contributed by atoms with E-state index in [0.29, 0.717) is 17.9 Å². The molecule has 150 valence electrons. The van der Waals surface area contributed by atoms with Gasteiger partial charge in [0, 0.05) is 30.5 Å². The molecule has 0 aliphatic heterocycles. The van der Waals surface area contributed by atoms with E-state index in [1.165, 1.54) is 18.2 Å². The lowest BCUT2D eigenvalue weighted by Gasteiger charge is -2.13. The number of ether oxygens (including phenoxy) is 2. The molecule has 0 spiro atoms. The smallest absolute Gasteiger partial charge is 0.494 e. The quantitative estimate of drug-likeness (QED) is 0.645. The summed E-state index contributed by atoms with van der Waals surface area (Å²) >= 11 is 0. The van der Waals surface area contributed by atoms with Crippen LogP contribution in [0.2, 0.25) is 0 Å². The highest BCUT2D eigenvalue weighted by molar-refractivity contribution is 5.98. The van der Waals surface area contributed by atoms with Crippen LogP contribution in [0.5, 0.6) is 11.5 Å². The van der Waals surface area contributed by atoms with E-state index in [4.69, 9.17) is 4.74 Å². The number of carbonyl (C=O) groups excluding carboxylic acids is 2. The molecule has 28 heavy (non-hydrogen) atoms. The van der Waals surface area contributed by atoms with Crippen LogP contribution in [0.25, 0.3) is 0 Å². The van der Waals surface area contributed by atoms with Crippen LogP contribution in [0, 0.1) is 0 Å². The number of halogens is 3. The van der Waals surface area contributed by atoms with Crippen LogP contribution in [-0.4, -0.2) is 24.7 Å². The molecule has 0 atom stereocenters. The zero-order chi connectivity index (χ0) is 20.6. The summed E-state index contributed by atoms with van der Waals surface area (Å²) in [5.74, 6) is -0.377. The van der Waals surface area contributed by atoms with E-state index in [2.05, 4.69) is 10.1 Å². The maximum absolute atomic E-state index is 12.4. The van der Waals surface area contributed by atoms with Crippen LogP contribution < -0.4 is 14.8 Å². The second-order valence-electron chi connectivity index (χ2n) is 5.81. The van der Waals surface area contributed by atoms with Crippen LogP contribution in [0.1, 0.15) is 35.7 Å². The van der Waals surface area contributed by atoms with E-state index in [-0.39, 0.29) is 36.5 Å². The molecular formula is C20H20F3NO4. The molecule has 0 aliphatic rings. The Kier molecular flexibility index (Phi) is 7.43. The molecule has 0 bridgehead atoms. The Bertz CT molecular complexity index is 804. The van der Waals surface area contributed by atoms with E-state index in [1.54, 1.807) is 30.3 Å². The molecule has 0 saturated carbocycles. The third-order valence-corrected chi connectivity index (χ3v) is 3.74. The number of para-hydroxylation sites is 1. The average molecular weight is 395 g/mol. The SMILES string of the molecule is CCOc1ccc(C(=O)CCC(=O)NCc2ccccc2OC(F)(F)F)cc1. The molecule has 1 amide bonds. The van der Waals surface area contributed by atoms with E-state index in [1.807, 2.05) is 6.92 Å². The summed E-state index contributed by atoms with van der Waals surface area (Å²) in [4.78, 5) is 24.1. The first-order chi connectivity index (χ1) is 13.3. The van der Waals surface area contributed by atoms with Crippen molar-refractivity contribution < 1.29 is 32.2 Å². The van der Waals surface area contributed by atoms with Crippen molar-refractivity contribution in [1.29, 1.82) is 0 Å². The van der Waals surface area contributed by atoms with Gasteiger partial charge in [0.1, 0.15) is 11.5 Å². The Balaban J connectivity index is 1.84. The van der Waals surface area contributed by atoms with E-state index < -0.39 is 12.3 Å². The third-order valence-electron chi connectivity index (χ3n) is 3.74. The molecule has 2 aromatic rings. The molecule has 2 rings (SSSR count). The first kappa shape index (κ1) is 21.3. The zero-order valence-corrected chi connectivity index (χ0v) is 15.2. The normalized spacial score (nSPS) is 11.0. The molecule has 1 N–H and O–H groups in total. The Morgan fingerprint density at radius 2 is 1.68 bits per heavy atom. The lowest BCUT2D eigenvalue weighted by molar-refractivity contribution is -0.274.